The van der Waals surface area contributed by atoms with Gasteiger partial charge in [0.15, 0.2) is 29.0 Å². The first-order valence-electron chi connectivity index (χ1n) is 19.7. The molecule has 2 aromatic carbocycles. The fourth-order valence-electron chi connectivity index (χ4n) is 7.27. The first-order chi connectivity index (χ1) is 26.2. The van der Waals surface area contributed by atoms with Crippen molar-refractivity contribution < 1.29 is 29.2 Å². The van der Waals surface area contributed by atoms with E-state index in [1.807, 2.05) is 21.6 Å². The van der Waals surface area contributed by atoms with Gasteiger partial charge in [0.2, 0.25) is 0 Å². The number of nitrogens with one attached hydrogen (secondary N) is 2. The number of methoxy groups -OCH3 is 1. The highest BCUT2D eigenvalue weighted by atomic mass is 33.1. The molecule has 3 aliphatic rings. The molecule has 2 bridgehead atoms. The van der Waals surface area contributed by atoms with Gasteiger partial charge in [-0.05, 0) is 67.7 Å². The Balaban J connectivity index is 1.50. The van der Waals surface area contributed by atoms with Crippen LogP contribution in [0.3, 0.4) is 0 Å². The molecule has 0 amide bonds. The Labute approximate surface area is 329 Å². The minimum Gasteiger partial charge on any atom is -0.504 e. The molecule has 10 nitrogen and oxygen atoms in total. The van der Waals surface area contributed by atoms with Gasteiger partial charge in [-0.25, -0.2) is 0 Å². The summed E-state index contributed by atoms with van der Waals surface area (Å²) >= 11 is 0. The lowest BCUT2D eigenvalue weighted by Gasteiger charge is -2.34. The number of phenolic OH excluding ortho intramolecular Hbond substituents is 1. The van der Waals surface area contributed by atoms with E-state index >= 15 is 0 Å². The second-order valence-electron chi connectivity index (χ2n) is 15.1. The summed E-state index contributed by atoms with van der Waals surface area (Å²) in [5, 5.41) is 28.6. The number of aryl methyl sites for hydroxylation is 2. The summed E-state index contributed by atoms with van der Waals surface area (Å²) in [6.07, 6.45) is 6.87. The number of Topliss-reactive ketones (excluding diaryl/α,β-unsaturated/α-hetero) is 1. The maximum atomic E-state index is 13.1. The highest BCUT2D eigenvalue weighted by Gasteiger charge is 2.33. The first-order valence-corrected chi connectivity index (χ1v) is 22.2. The molecule has 4 atom stereocenters. The number of ether oxygens (including phenoxy) is 3. The van der Waals surface area contributed by atoms with Gasteiger partial charge < -0.3 is 35.5 Å². The van der Waals surface area contributed by atoms with Crippen molar-refractivity contribution in [3.63, 3.8) is 0 Å². The molecule has 0 aromatic heterocycles. The zero-order chi connectivity index (χ0) is 38.5. The number of aromatic hydroxyl groups is 1. The molecule has 2 aliphatic heterocycles. The van der Waals surface area contributed by atoms with Crippen molar-refractivity contribution >= 4 is 33.3 Å². The SMILES string of the molecule is CCCCCCNCOc1c2cc(c3c1OCC(C1CN=C(N)NC(C(C)C)CSSC1)C3)CCC(O)CC(=O)CCc1ccc(O)c(OC)c1C#CC2. The number of phenols is 1. The van der Waals surface area contributed by atoms with Gasteiger partial charge in [0.05, 0.1) is 25.4 Å². The molecule has 4 unspecified atom stereocenters. The molecule has 5 rings (SSSR count). The Morgan fingerprint density at radius 3 is 2.70 bits per heavy atom. The largest absolute Gasteiger partial charge is 0.504 e. The van der Waals surface area contributed by atoms with Crippen molar-refractivity contribution in [2.45, 2.75) is 104 Å². The molecule has 0 spiro atoms. The number of fused-ring (bicyclic) bond motifs is 5. The van der Waals surface area contributed by atoms with E-state index in [4.69, 9.17) is 24.9 Å². The third kappa shape index (κ3) is 11.6. The zero-order valence-electron chi connectivity index (χ0n) is 32.5. The molecule has 54 heavy (non-hydrogen) atoms. The minimum atomic E-state index is -0.772. The molecule has 1 aliphatic carbocycles. The molecule has 0 radical (unpaired) electrons. The van der Waals surface area contributed by atoms with Crippen LogP contribution in [-0.4, -0.2) is 79.1 Å². The van der Waals surface area contributed by atoms with Gasteiger partial charge in [0.25, 0.3) is 0 Å². The number of unbranched alkanes of at least 4 members (excludes halogenated alkanes) is 3. The van der Waals surface area contributed by atoms with E-state index in [0.29, 0.717) is 74.5 Å². The molecule has 2 heterocycles. The van der Waals surface area contributed by atoms with Crippen molar-refractivity contribution in [1.29, 1.82) is 0 Å². The van der Waals surface area contributed by atoms with Gasteiger partial charge in [0, 0.05) is 60.4 Å². The summed E-state index contributed by atoms with van der Waals surface area (Å²) < 4.78 is 18.9. The van der Waals surface area contributed by atoms with Crippen LogP contribution in [0.1, 0.15) is 93.5 Å². The maximum Gasteiger partial charge on any atom is 0.188 e. The third-order valence-electron chi connectivity index (χ3n) is 10.7. The zero-order valence-corrected chi connectivity index (χ0v) is 34.1. The molecule has 0 saturated heterocycles. The van der Waals surface area contributed by atoms with Crippen LogP contribution >= 0.6 is 21.6 Å². The molecule has 0 saturated carbocycles. The molecule has 6 N–H and O–H groups in total. The number of benzene rings is 2. The molecule has 0 fully saturated rings. The van der Waals surface area contributed by atoms with Crippen LogP contribution in [0.4, 0.5) is 0 Å². The van der Waals surface area contributed by atoms with E-state index in [2.05, 4.69) is 49.3 Å². The Hall–Kier alpha value is -3.24. The number of ketones is 1. The number of guanidine groups is 1. The van der Waals surface area contributed by atoms with Crippen molar-refractivity contribution in [2.75, 3.05) is 45.0 Å². The lowest BCUT2D eigenvalue weighted by Crippen LogP contribution is -2.45. The van der Waals surface area contributed by atoms with E-state index in [1.165, 1.54) is 26.4 Å². The van der Waals surface area contributed by atoms with Gasteiger partial charge in [0.1, 0.15) is 12.5 Å². The van der Waals surface area contributed by atoms with Crippen LogP contribution in [0.5, 0.6) is 23.0 Å². The highest BCUT2D eigenvalue weighted by Crippen LogP contribution is 2.44. The van der Waals surface area contributed by atoms with Gasteiger partial charge in [-0.2, -0.15) is 0 Å². The summed E-state index contributed by atoms with van der Waals surface area (Å²) in [6.45, 7) is 8.95. The predicted molar refractivity (Wildman–Crippen MR) is 221 cm³/mol. The van der Waals surface area contributed by atoms with E-state index < -0.39 is 6.10 Å². The summed E-state index contributed by atoms with van der Waals surface area (Å²) in [4.78, 5) is 17.9. The lowest BCUT2D eigenvalue weighted by atomic mass is 9.82. The summed E-state index contributed by atoms with van der Waals surface area (Å²) in [7, 11) is 5.29. The number of rotatable bonds is 11. The van der Waals surface area contributed by atoms with Crippen LogP contribution in [0, 0.1) is 29.6 Å². The number of aliphatic hydroxyl groups is 1. The van der Waals surface area contributed by atoms with Crippen molar-refractivity contribution in [2.24, 2.45) is 28.5 Å². The minimum absolute atomic E-state index is 0.00451. The Morgan fingerprint density at radius 1 is 1.07 bits per heavy atom. The quantitative estimate of drug-likeness (QED) is 0.0770. The Kier molecular flexibility index (Phi) is 16.4. The number of nitrogens with two attached hydrogens (primary N) is 1. The van der Waals surface area contributed by atoms with Crippen LogP contribution < -0.4 is 30.6 Å². The Morgan fingerprint density at radius 2 is 1.91 bits per heavy atom. The first kappa shape index (κ1) is 41.9. The van der Waals surface area contributed by atoms with E-state index in [9.17, 15) is 15.0 Å². The number of nitrogens with zero attached hydrogens (tertiary/aromatic N) is 1. The van der Waals surface area contributed by atoms with Crippen LogP contribution in [-0.2, 0) is 30.5 Å². The normalized spacial score (nSPS) is 22.5. The molecular formula is C42H60N4O6S2. The third-order valence-corrected chi connectivity index (χ3v) is 13.2. The predicted octanol–water partition coefficient (Wildman–Crippen LogP) is 6.19. The van der Waals surface area contributed by atoms with Crippen LogP contribution in [0.25, 0.3) is 0 Å². The number of carbonyl (C=O) groups is 1. The van der Waals surface area contributed by atoms with Gasteiger partial charge >= 0.3 is 0 Å². The lowest BCUT2D eigenvalue weighted by molar-refractivity contribution is -0.121. The number of carbonyl (C=O) groups excluding carboxylic acids is 1. The molecular weight excluding hydrogens is 721 g/mol. The van der Waals surface area contributed by atoms with E-state index in [-0.39, 0.29) is 42.3 Å². The number of hydrogen-bond donors (Lipinski definition) is 5. The smallest absolute Gasteiger partial charge is 0.188 e. The maximum absolute atomic E-state index is 13.1. The van der Waals surface area contributed by atoms with Gasteiger partial charge in [-0.15, -0.1) is 0 Å². The molecule has 296 valence electrons. The van der Waals surface area contributed by atoms with Gasteiger partial charge in [-0.3, -0.25) is 15.1 Å². The summed E-state index contributed by atoms with van der Waals surface area (Å²) in [5.74, 6) is 11.6. The van der Waals surface area contributed by atoms with Crippen molar-refractivity contribution in [3.05, 3.63) is 46.0 Å². The van der Waals surface area contributed by atoms with Crippen molar-refractivity contribution in [1.82, 2.24) is 10.6 Å². The van der Waals surface area contributed by atoms with E-state index in [1.54, 1.807) is 12.1 Å². The topological polar surface area (TPSA) is 148 Å². The van der Waals surface area contributed by atoms with Crippen LogP contribution in [0.2, 0.25) is 0 Å². The fourth-order valence-corrected chi connectivity index (χ4v) is 10.2. The fraction of sp³-hybridized carbons (Fsp3) is 0.619. The number of aliphatic imine (C=N–C) groups is 1. The molecule has 12 heteroatoms. The standard InChI is InChI=1S/C42H60N4O6S2/c1-5-6-7-8-18-44-26-52-39-30-10-9-11-35-28(14-17-38(49)40(35)50-4)12-15-33(47)21-34(48)16-13-29(19-30)36-20-31(23-51-41(36)39)32-22-45-42(43)46-37(27(2)3)25-54-53-24-32/h14,17,19,27,31-32,34,37,44,48-49H,5-8,10,12-13,15-16,18,20-26H2,1-4H3,(H3,43,45,46). The summed E-state index contributed by atoms with van der Waals surface area (Å²) in [6, 6.07) is 5.80. The second kappa shape index (κ2) is 21.2. The second-order valence-corrected chi connectivity index (χ2v) is 17.6. The highest BCUT2D eigenvalue weighted by molar-refractivity contribution is 8.76. The van der Waals surface area contributed by atoms with Gasteiger partial charge in [-0.1, -0.05) is 85.6 Å². The van der Waals surface area contributed by atoms with Crippen molar-refractivity contribution in [3.8, 4) is 34.8 Å². The summed E-state index contributed by atoms with van der Waals surface area (Å²) in [5.41, 5.74) is 10.8. The molecule has 2 aromatic rings. The monoisotopic (exact) mass is 780 g/mol. The number of hydrogen-bond acceptors (Lipinski definition) is 12. The average molecular weight is 781 g/mol. The van der Waals surface area contributed by atoms with Crippen LogP contribution in [0.15, 0.2) is 23.2 Å². The Bertz CT molecular complexity index is 1660. The van der Waals surface area contributed by atoms with E-state index in [0.717, 1.165) is 58.9 Å². The average Bonchev–Trinajstić information content (AvgIpc) is 3.16. The number of aliphatic hydroxyl groups excluding tert-OH is 1.